The fraction of sp³-hybridized carbons (Fsp3) is 0.667. The molecule has 2 unspecified atom stereocenters. The molecule has 0 amide bonds. The summed E-state index contributed by atoms with van der Waals surface area (Å²) in [4.78, 5) is 5.09. The molecule has 2 atom stereocenters. The highest BCUT2D eigenvalue weighted by Crippen LogP contribution is 2.21. The number of benzene rings is 1. The van der Waals surface area contributed by atoms with E-state index in [0.29, 0.717) is 12.1 Å². The highest BCUT2D eigenvalue weighted by molar-refractivity contribution is 5.17. The van der Waals surface area contributed by atoms with E-state index in [9.17, 15) is 4.39 Å². The van der Waals surface area contributed by atoms with Gasteiger partial charge >= 0.3 is 0 Å². The van der Waals surface area contributed by atoms with Crippen molar-refractivity contribution in [2.75, 3.05) is 39.3 Å². The van der Waals surface area contributed by atoms with Crippen molar-refractivity contribution in [1.29, 1.82) is 0 Å². The van der Waals surface area contributed by atoms with Gasteiger partial charge in [0.2, 0.25) is 0 Å². The molecule has 3 rings (SSSR count). The van der Waals surface area contributed by atoms with Crippen LogP contribution in [0.5, 0.6) is 0 Å². The fourth-order valence-electron chi connectivity index (χ4n) is 3.72. The molecule has 122 valence electrons. The molecule has 3 nitrogen and oxygen atoms in total. The average Bonchev–Trinajstić information content (AvgIpc) is 2.92. The first-order chi connectivity index (χ1) is 10.7. The molecule has 22 heavy (non-hydrogen) atoms. The summed E-state index contributed by atoms with van der Waals surface area (Å²) in [6.07, 6.45) is 3.82. The van der Waals surface area contributed by atoms with E-state index >= 15 is 0 Å². The van der Waals surface area contributed by atoms with Crippen LogP contribution in [0, 0.1) is 5.82 Å². The largest absolute Gasteiger partial charge is 0.376 e. The van der Waals surface area contributed by atoms with Gasteiger partial charge in [0.1, 0.15) is 5.82 Å². The standard InChI is InChI=1S/C18H27FN2O/c1-15-14-20(10-11-22-15)8-9-21-7-3-6-18(21)13-16-4-2-5-17(19)12-16/h2,4-5,12,15,18H,3,6-11,13-14H2,1H3. The second-order valence-electron chi connectivity index (χ2n) is 6.65. The molecule has 0 N–H and O–H groups in total. The Morgan fingerprint density at radius 2 is 2.18 bits per heavy atom. The van der Waals surface area contributed by atoms with Gasteiger partial charge in [0.25, 0.3) is 0 Å². The van der Waals surface area contributed by atoms with Crippen LogP contribution in [0.1, 0.15) is 25.3 Å². The van der Waals surface area contributed by atoms with Gasteiger partial charge in [-0.15, -0.1) is 0 Å². The lowest BCUT2D eigenvalue weighted by atomic mass is 10.0. The van der Waals surface area contributed by atoms with Crippen molar-refractivity contribution >= 4 is 0 Å². The number of halogens is 1. The maximum atomic E-state index is 13.3. The number of nitrogens with zero attached hydrogens (tertiary/aromatic N) is 2. The second-order valence-corrected chi connectivity index (χ2v) is 6.65. The molecule has 2 fully saturated rings. The minimum atomic E-state index is -0.121. The number of hydrogen-bond donors (Lipinski definition) is 0. The van der Waals surface area contributed by atoms with Crippen molar-refractivity contribution in [1.82, 2.24) is 9.80 Å². The highest BCUT2D eigenvalue weighted by Gasteiger charge is 2.25. The van der Waals surface area contributed by atoms with E-state index in [2.05, 4.69) is 16.7 Å². The Bertz CT molecular complexity index is 482. The molecule has 4 heteroatoms. The molecule has 2 heterocycles. The molecule has 2 aliphatic rings. The Labute approximate surface area is 133 Å². The smallest absolute Gasteiger partial charge is 0.123 e. The van der Waals surface area contributed by atoms with Crippen molar-refractivity contribution in [3.63, 3.8) is 0 Å². The highest BCUT2D eigenvalue weighted by atomic mass is 19.1. The van der Waals surface area contributed by atoms with Gasteiger partial charge in [0.05, 0.1) is 12.7 Å². The van der Waals surface area contributed by atoms with Crippen molar-refractivity contribution in [2.45, 2.75) is 38.3 Å². The van der Waals surface area contributed by atoms with E-state index in [1.807, 2.05) is 12.1 Å². The molecular formula is C18H27FN2O. The summed E-state index contributed by atoms with van der Waals surface area (Å²) in [7, 11) is 0. The normalized spacial score (nSPS) is 27.4. The minimum absolute atomic E-state index is 0.121. The van der Waals surface area contributed by atoms with E-state index in [1.54, 1.807) is 6.07 Å². The third-order valence-electron chi connectivity index (χ3n) is 4.89. The maximum Gasteiger partial charge on any atom is 0.123 e. The zero-order chi connectivity index (χ0) is 15.4. The van der Waals surface area contributed by atoms with Gasteiger partial charge in [-0.25, -0.2) is 4.39 Å². The zero-order valence-electron chi connectivity index (χ0n) is 13.5. The van der Waals surface area contributed by atoms with Crippen LogP contribution in [0.2, 0.25) is 0 Å². The zero-order valence-corrected chi connectivity index (χ0v) is 13.5. The summed E-state index contributed by atoms with van der Waals surface area (Å²) >= 11 is 0. The monoisotopic (exact) mass is 306 g/mol. The summed E-state index contributed by atoms with van der Waals surface area (Å²) < 4.78 is 18.9. The Kier molecular flexibility index (Phi) is 5.45. The molecule has 0 aliphatic carbocycles. The first-order valence-electron chi connectivity index (χ1n) is 8.53. The Morgan fingerprint density at radius 3 is 3.00 bits per heavy atom. The molecule has 0 aromatic heterocycles. The van der Waals surface area contributed by atoms with Crippen LogP contribution in [0.15, 0.2) is 24.3 Å². The molecule has 0 saturated carbocycles. The van der Waals surface area contributed by atoms with E-state index in [4.69, 9.17) is 4.74 Å². The van der Waals surface area contributed by atoms with Crippen LogP contribution in [0.4, 0.5) is 4.39 Å². The lowest BCUT2D eigenvalue weighted by Gasteiger charge is -2.33. The van der Waals surface area contributed by atoms with Gasteiger partial charge in [0, 0.05) is 32.2 Å². The Morgan fingerprint density at radius 1 is 1.27 bits per heavy atom. The summed E-state index contributed by atoms with van der Waals surface area (Å²) in [5, 5.41) is 0. The summed E-state index contributed by atoms with van der Waals surface area (Å²) in [6, 6.07) is 7.64. The van der Waals surface area contributed by atoms with Crippen molar-refractivity contribution in [2.24, 2.45) is 0 Å². The van der Waals surface area contributed by atoms with Crippen LogP contribution in [-0.2, 0) is 11.2 Å². The molecule has 1 aromatic carbocycles. The molecule has 2 saturated heterocycles. The Hall–Kier alpha value is -0.970. The van der Waals surface area contributed by atoms with Crippen LogP contribution < -0.4 is 0 Å². The summed E-state index contributed by atoms with van der Waals surface area (Å²) in [5.74, 6) is -0.121. The van der Waals surface area contributed by atoms with Gasteiger partial charge in [-0.05, 0) is 50.4 Å². The quantitative estimate of drug-likeness (QED) is 0.831. The molecule has 0 radical (unpaired) electrons. The number of morpholine rings is 1. The number of rotatable bonds is 5. The van der Waals surface area contributed by atoms with Gasteiger partial charge in [-0.3, -0.25) is 9.80 Å². The third kappa shape index (κ3) is 4.28. The lowest BCUT2D eigenvalue weighted by molar-refractivity contribution is -0.0209. The van der Waals surface area contributed by atoms with E-state index in [1.165, 1.54) is 25.5 Å². The molecule has 0 spiro atoms. The number of ether oxygens (including phenoxy) is 1. The van der Waals surface area contributed by atoms with E-state index < -0.39 is 0 Å². The van der Waals surface area contributed by atoms with Gasteiger partial charge in [-0.1, -0.05) is 12.1 Å². The SMILES string of the molecule is CC1CN(CCN2CCCC2Cc2cccc(F)c2)CCO1. The first kappa shape index (κ1) is 15.9. The Balaban J connectivity index is 1.50. The molecule has 0 bridgehead atoms. The fourth-order valence-corrected chi connectivity index (χ4v) is 3.72. The summed E-state index contributed by atoms with van der Waals surface area (Å²) in [6.45, 7) is 8.51. The topological polar surface area (TPSA) is 15.7 Å². The van der Waals surface area contributed by atoms with Crippen LogP contribution in [0.25, 0.3) is 0 Å². The predicted molar refractivity (Wildman–Crippen MR) is 86.6 cm³/mol. The maximum absolute atomic E-state index is 13.3. The third-order valence-corrected chi connectivity index (χ3v) is 4.89. The van der Waals surface area contributed by atoms with Crippen LogP contribution in [-0.4, -0.2) is 61.3 Å². The van der Waals surface area contributed by atoms with Crippen molar-refractivity contribution in [3.8, 4) is 0 Å². The molecule has 2 aliphatic heterocycles. The first-order valence-corrected chi connectivity index (χ1v) is 8.53. The molecule has 1 aromatic rings. The van der Waals surface area contributed by atoms with Crippen molar-refractivity contribution < 1.29 is 9.13 Å². The summed E-state index contributed by atoms with van der Waals surface area (Å²) in [5.41, 5.74) is 1.12. The van der Waals surface area contributed by atoms with Crippen LogP contribution in [0.3, 0.4) is 0 Å². The minimum Gasteiger partial charge on any atom is -0.376 e. The van der Waals surface area contributed by atoms with Gasteiger partial charge in [-0.2, -0.15) is 0 Å². The van der Waals surface area contributed by atoms with E-state index in [-0.39, 0.29) is 5.82 Å². The average molecular weight is 306 g/mol. The lowest BCUT2D eigenvalue weighted by Crippen LogP contribution is -2.45. The second kappa shape index (κ2) is 7.53. The van der Waals surface area contributed by atoms with Gasteiger partial charge in [0.15, 0.2) is 0 Å². The molecular weight excluding hydrogens is 279 g/mol. The predicted octanol–water partition coefficient (Wildman–Crippen LogP) is 2.55. The van der Waals surface area contributed by atoms with Crippen LogP contribution >= 0.6 is 0 Å². The van der Waals surface area contributed by atoms with E-state index in [0.717, 1.165) is 44.8 Å². The number of hydrogen-bond acceptors (Lipinski definition) is 3. The number of likely N-dealkylation sites (tertiary alicyclic amines) is 1. The van der Waals surface area contributed by atoms with Crippen molar-refractivity contribution in [3.05, 3.63) is 35.6 Å². The van der Waals surface area contributed by atoms with Gasteiger partial charge < -0.3 is 4.74 Å².